The van der Waals surface area contributed by atoms with Gasteiger partial charge in [-0.05, 0) is 68.2 Å². The molecule has 0 bridgehead atoms. The van der Waals surface area contributed by atoms with Crippen molar-refractivity contribution in [1.82, 2.24) is 20.2 Å². The smallest absolute Gasteiger partial charge is 0.403 e. The van der Waals surface area contributed by atoms with Gasteiger partial charge >= 0.3 is 7.12 Å². The van der Waals surface area contributed by atoms with E-state index in [2.05, 4.69) is 55.4 Å². The second-order valence-electron chi connectivity index (χ2n) is 7.48. The number of benzene rings is 1. The minimum atomic E-state index is -0.265. The lowest BCUT2D eigenvalue weighted by atomic mass is 9.79. The number of tetrazole rings is 1. The monoisotopic (exact) mass is 312 g/mol. The van der Waals surface area contributed by atoms with Crippen molar-refractivity contribution in [2.24, 2.45) is 0 Å². The van der Waals surface area contributed by atoms with Crippen LogP contribution in [0.4, 0.5) is 0 Å². The molecular weight excluding hydrogens is 291 g/mol. The first-order valence-corrected chi connectivity index (χ1v) is 8.06. The van der Waals surface area contributed by atoms with E-state index >= 15 is 0 Å². The highest BCUT2D eigenvalue weighted by Crippen LogP contribution is 2.58. The maximum Gasteiger partial charge on any atom is 0.461 e. The van der Waals surface area contributed by atoms with Crippen LogP contribution in [0, 0.1) is 0 Å². The zero-order valence-corrected chi connectivity index (χ0v) is 13.9. The van der Waals surface area contributed by atoms with Crippen molar-refractivity contribution in [2.45, 2.75) is 57.1 Å². The summed E-state index contributed by atoms with van der Waals surface area (Å²) < 4.78 is 14.0. The minimum Gasteiger partial charge on any atom is -0.403 e. The Hall–Kier alpha value is -1.73. The Morgan fingerprint density at radius 2 is 1.91 bits per heavy atom. The van der Waals surface area contributed by atoms with Gasteiger partial charge < -0.3 is 9.31 Å². The number of hydrogen-bond donors (Lipinski definition) is 0. The van der Waals surface area contributed by atoms with Gasteiger partial charge in [-0.2, -0.15) is 0 Å². The fourth-order valence-corrected chi connectivity index (χ4v) is 3.14. The average Bonchev–Trinajstić information content (AvgIpc) is 3.03. The van der Waals surface area contributed by atoms with Gasteiger partial charge in [0, 0.05) is 5.82 Å². The van der Waals surface area contributed by atoms with Crippen LogP contribution in [0.1, 0.15) is 45.6 Å². The quantitative estimate of drug-likeness (QED) is 0.815. The van der Waals surface area contributed by atoms with Crippen LogP contribution in [-0.4, -0.2) is 38.5 Å². The molecule has 0 amide bonds. The summed E-state index contributed by atoms with van der Waals surface area (Å²) in [5.74, 6) is 0.890. The van der Waals surface area contributed by atoms with Crippen molar-refractivity contribution in [3.63, 3.8) is 0 Å². The molecule has 6 nitrogen and oxygen atoms in total. The maximum atomic E-state index is 6.18. The van der Waals surface area contributed by atoms with Crippen LogP contribution < -0.4 is 0 Å². The molecule has 2 unspecified atom stereocenters. The van der Waals surface area contributed by atoms with E-state index in [1.54, 1.807) is 11.0 Å². The molecule has 2 aliphatic rings. The molecule has 2 aromatic rings. The van der Waals surface area contributed by atoms with Crippen molar-refractivity contribution < 1.29 is 9.31 Å². The Kier molecular flexibility index (Phi) is 3.15. The largest absolute Gasteiger partial charge is 0.461 e. The highest BCUT2D eigenvalue weighted by molar-refractivity contribution is 6.49. The second-order valence-corrected chi connectivity index (χ2v) is 7.48. The molecule has 2 atom stereocenters. The van der Waals surface area contributed by atoms with E-state index in [1.165, 1.54) is 5.56 Å². The molecule has 23 heavy (non-hydrogen) atoms. The topological polar surface area (TPSA) is 62.1 Å². The molecule has 0 N–H and O–H groups in total. The lowest BCUT2D eigenvalue weighted by Crippen LogP contribution is -2.41. The predicted octanol–water partition coefficient (Wildman–Crippen LogP) is 2.61. The van der Waals surface area contributed by atoms with Gasteiger partial charge in [-0.25, -0.2) is 4.68 Å². The van der Waals surface area contributed by atoms with Gasteiger partial charge in [0.25, 0.3) is 0 Å². The normalized spacial score (nSPS) is 28.1. The van der Waals surface area contributed by atoms with Crippen LogP contribution in [-0.2, 0) is 9.31 Å². The zero-order valence-electron chi connectivity index (χ0n) is 13.9. The van der Waals surface area contributed by atoms with Crippen molar-refractivity contribution in [2.75, 3.05) is 0 Å². The summed E-state index contributed by atoms with van der Waals surface area (Å²) in [6.45, 7) is 8.40. The molecule has 2 heterocycles. The first kappa shape index (κ1) is 14.8. The Labute approximate surface area is 136 Å². The van der Waals surface area contributed by atoms with Gasteiger partial charge in [0.15, 0.2) is 0 Å². The van der Waals surface area contributed by atoms with E-state index in [0.717, 1.165) is 12.1 Å². The number of aromatic nitrogens is 4. The van der Waals surface area contributed by atoms with Crippen molar-refractivity contribution >= 4 is 7.12 Å². The van der Waals surface area contributed by atoms with Gasteiger partial charge in [0.1, 0.15) is 6.33 Å². The van der Waals surface area contributed by atoms with Gasteiger partial charge in [0.2, 0.25) is 0 Å². The lowest BCUT2D eigenvalue weighted by Gasteiger charge is -2.32. The molecule has 120 valence electrons. The summed E-state index contributed by atoms with van der Waals surface area (Å²) in [5, 5.41) is 11.3. The van der Waals surface area contributed by atoms with E-state index in [4.69, 9.17) is 9.31 Å². The first-order valence-electron chi connectivity index (χ1n) is 8.06. The predicted molar refractivity (Wildman–Crippen MR) is 86.3 cm³/mol. The van der Waals surface area contributed by atoms with Crippen LogP contribution in [0.25, 0.3) is 5.69 Å². The van der Waals surface area contributed by atoms with Crippen LogP contribution in [0.5, 0.6) is 0 Å². The molecule has 1 aromatic heterocycles. The van der Waals surface area contributed by atoms with Gasteiger partial charge in [-0.3, -0.25) is 0 Å². The Bertz CT molecular complexity index is 701. The summed E-state index contributed by atoms with van der Waals surface area (Å²) in [6.07, 6.45) is 2.70. The molecule has 1 saturated carbocycles. The number of nitrogens with zero attached hydrogens (tertiary/aromatic N) is 4. The fourth-order valence-electron chi connectivity index (χ4n) is 3.14. The van der Waals surface area contributed by atoms with Gasteiger partial charge in [-0.15, -0.1) is 5.10 Å². The molecular formula is C16H21BN4O2. The average molecular weight is 312 g/mol. The molecule has 4 rings (SSSR count). The maximum absolute atomic E-state index is 6.18. The van der Waals surface area contributed by atoms with E-state index < -0.39 is 0 Å². The van der Waals surface area contributed by atoms with Gasteiger partial charge in [-0.1, -0.05) is 12.1 Å². The summed E-state index contributed by atoms with van der Waals surface area (Å²) in [4.78, 5) is 0. The highest BCUT2D eigenvalue weighted by Gasteiger charge is 2.59. The molecule has 1 saturated heterocycles. The van der Waals surface area contributed by atoms with E-state index in [-0.39, 0.29) is 18.3 Å². The molecule has 1 aromatic carbocycles. The number of hydrogen-bond acceptors (Lipinski definition) is 5. The van der Waals surface area contributed by atoms with Crippen molar-refractivity contribution in [3.05, 3.63) is 36.2 Å². The highest BCUT2D eigenvalue weighted by atomic mass is 16.7. The molecule has 0 radical (unpaired) electrons. The van der Waals surface area contributed by atoms with Crippen molar-refractivity contribution in [1.29, 1.82) is 0 Å². The van der Waals surface area contributed by atoms with E-state index in [1.807, 2.05) is 12.1 Å². The van der Waals surface area contributed by atoms with Gasteiger partial charge in [0.05, 0.1) is 16.9 Å². The Morgan fingerprint density at radius 3 is 2.57 bits per heavy atom. The summed E-state index contributed by atoms with van der Waals surface area (Å²) in [7, 11) is -0.123. The van der Waals surface area contributed by atoms with E-state index in [0.29, 0.717) is 11.7 Å². The fraction of sp³-hybridized carbons (Fsp3) is 0.562. The van der Waals surface area contributed by atoms with E-state index in [9.17, 15) is 0 Å². The number of rotatable bonds is 3. The SMILES string of the molecule is CC1(C)OB(C2CC2c2cccc(-n3cnnn3)c2)OC1(C)C. The standard InChI is InChI=1S/C16H21BN4O2/c1-15(2)16(3,4)23-17(22-15)14-9-13(14)11-6-5-7-12(8-11)21-10-18-19-20-21/h5-8,10,13-14H,9H2,1-4H3. The lowest BCUT2D eigenvalue weighted by molar-refractivity contribution is 0.00578. The summed E-state index contributed by atoms with van der Waals surface area (Å²) in [5.41, 5.74) is 1.74. The Balaban J connectivity index is 1.51. The molecule has 1 aliphatic carbocycles. The Morgan fingerprint density at radius 1 is 1.17 bits per heavy atom. The third-order valence-corrected chi connectivity index (χ3v) is 5.37. The molecule has 0 spiro atoms. The van der Waals surface area contributed by atoms with Crippen LogP contribution in [0.15, 0.2) is 30.6 Å². The zero-order chi connectivity index (χ0) is 16.2. The van der Waals surface area contributed by atoms with Crippen LogP contribution in [0.3, 0.4) is 0 Å². The third-order valence-electron chi connectivity index (χ3n) is 5.37. The first-order chi connectivity index (χ1) is 10.9. The second kappa shape index (κ2) is 4.88. The van der Waals surface area contributed by atoms with Crippen LogP contribution >= 0.6 is 0 Å². The van der Waals surface area contributed by atoms with Crippen LogP contribution in [0.2, 0.25) is 5.82 Å². The summed E-state index contributed by atoms with van der Waals surface area (Å²) in [6, 6.07) is 8.36. The van der Waals surface area contributed by atoms with Crippen molar-refractivity contribution in [3.8, 4) is 5.69 Å². The third kappa shape index (κ3) is 2.48. The molecule has 1 aliphatic heterocycles. The molecule has 2 fully saturated rings. The summed E-state index contributed by atoms with van der Waals surface area (Å²) >= 11 is 0. The molecule has 7 heteroatoms. The minimum absolute atomic E-state index is 0.123.